The van der Waals surface area contributed by atoms with Crippen molar-refractivity contribution in [2.24, 2.45) is 0 Å². The molecule has 28 heavy (non-hydrogen) atoms. The van der Waals surface area contributed by atoms with Crippen molar-refractivity contribution in [2.75, 3.05) is 0 Å². The third kappa shape index (κ3) is 4.07. The van der Waals surface area contributed by atoms with Gasteiger partial charge in [0.2, 0.25) is 0 Å². The van der Waals surface area contributed by atoms with Crippen molar-refractivity contribution < 1.29 is 9.72 Å². The van der Waals surface area contributed by atoms with Gasteiger partial charge in [-0.2, -0.15) is 0 Å². The highest BCUT2D eigenvalue weighted by Crippen LogP contribution is 2.35. The van der Waals surface area contributed by atoms with Crippen LogP contribution in [0.25, 0.3) is 0 Å². The first-order chi connectivity index (χ1) is 13.6. The van der Waals surface area contributed by atoms with Gasteiger partial charge in [-0.05, 0) is 37.3 Å². The van der Waals surface area contributed by atoms with Crippen molar-refractivity contribution in [3.8, 4) is 0 Å². The van der Waals surface area contributed by atoms with E-state index >= 15 is 0 Å². The summed E-state index contributed by atoms with van der Waals surface area (Å²) >= 11 is 0. The predicted octanol–water partition coefficient (Wildman–Crippen LogP) is 3.91. The Morgan fingerprint density at radius 1 is 1.07 bits per heavy atom. The number of benzene rings is 2. The maximum atomic E-state index is 12.6. The predicted molar refractivity (Wildman–Crippen MR) is 107 cm³/mol. The van der Waals surface area contributed by atoms with Crippen LogP contribution in [0.1, 0.15) is 48.0 Å². The van der Waals surface area contributed by atoms with Crippen LogP contribution >= 0.6 is 0 Å². The molecule has 0 aromatic heterocycles. The fourth-order valence-electron chi connectivity index (χ4n) is 4.68. The van der Waals surface area contributed by atoms with E-state index in [9.17, 15) is 14.9 Å². The lowest BCUT2D eigenvalue weighted by Gasteiger charge is -2.49. The molecule has 2 heterocycles. The third-order valence-electron chi connectivity index (χ3n) is 5.99. The number of nitro groups is 1. The summed E-state index contributed by atoms with van der Waals surface area (Å²) in [5, 5.41) is 14.1. The van der Waals surface area contributed by atoms with Gasteiger partial charge < -0.3 is 5.32 Å². The molecule has 2 unspecified atom stereocenters. The van der Waals surface area contributed by atoms with Gasteiger partial charge in [-0.1, -0.05) is 42.8 Å². The second kappa shape index (κ2) is 8.10. The molecule has 2 bridgehead atoms. The number of piperidine rings is 2. The molecule has 0 saturated carbocycles. The molecule has 0 radical (unpaired) electrons. The Kier molecular flexibility index (Phi) is 5.39. The van der Waals surface area contributed by atoms with Crippen molar-refractivity contribution in [1.82, 2.24) is 10.2 Å². The van der Waals surface area contributed by atoms with Gasteiger partial charge in [0, 0.05) is 42.4 Å². The molecule has 2 fully saturated rings. The van der Waals surface area contributed by atoms with Crippen LogP contribution in [0.15, 0.2) is 54.6 Å². The van der Waals surface area contributed by atoms with E-state index in [4.69, 9.17) is 0 Å². The number of non-ortho nitro benzene ring substituents is 1. The monoisotopic (exact) mass is 379 g/mol. The van der Waals surface area contributed by atoms with Crippen LogP contribution < -0.4 is 5.32 Å². The molecule has 2 aromatic rings. The first-order valence-corrected chi connectivity index (χ1v) is 9.95. The number of fused-ring (bicyclic) bond motifs is 2. The highest BCUT2D eigenvalue weighted by atomic mass is 16.6. The van der Waals surface area contributed by atoms with Gasteiger partial charge in [-0.3, -0.25) is 19.8 Å². The van der Waals surface area contributed by atoms with E-state index in [0.29, 0.717) is 17.6 Å². The van der Waals surface area contributed by atoms with Crippen molar-refractivity contribution >= 4 is 11.6 Å². The van der Waals surface area contributed by atoms with Crippen molar-refractivity contribution in [3.63, 3.8) is 0 Å². The Bertz CT molecular complexity index is 841. The van der Waals surface area contributed by atoms with Crippen LogP contribution in [0.3, 0.4) is 0 Å². The number of hydrogen-bond acceptors (Lipinski definition) is 4. The molecular weight excluding hydrogens is 354 g/mol. The van der Waals surface area contributed by atoms with Crippen LogP contribution in [-0.2, 0) is 6.54 Å². The van der Waals surface area contributed by atoms with Gasteiger partial charge in [0.25, 0.3) is 11.6 Å². The van der Waals surface area contributed by atoms with Gasteiger partial charge in [0.05, 0.1) is 4.92 Å². The minimum absolute atomic E-state index is 0.0535. The number of carbonyl (C=O) groups excluding carboxylic acids is 1. The number of amides is 1. The third-order valence-corrected chi connectivity index (χ3v) is 5.99. The average Bonchev–Trinajstić information content (AvgIpc) is 2.69. The Labute approximate surface area is 164 Å². The minimum Gasteiger partial charge on any atom is -0.349 e. The van der Waals surface area contributed by atoms with Crippen LogP contribution in [0, 0.1) is 10.1 Å². The fraction of sp³-hybridized carbons (Fsp3) is 0.409. The largest absolute Gasteiger partial charge is 0.349 e. The zero-order valence-corrected chi connectivity index (χ0v) is 15.8. The number of rotatable bonds is 5. The standard InChI is InChI=1S/C22H25N3O3/c26-22(17-8-4-11-21(12-17)25(27)28)23-18-13-19-9-5-10-20(14-18)24(19)15-16-6-2-1-3-7-16/h1-4,6-8,11-12,18-20H,5,9-10,13-15H2,(H,23,26). The first-order valence-electron chi connectivity index (χ1n) is 9.95. The molecule has 6 nitrogen and oxygen atoms in total. The van der Waals surface area contributed by atoms with E-state index in [1.54, 1.807) is 12.1 Å². The summed E-state index contributed by atoms with van der Waals surface area (Å²) in [4.78, 5) is 25.7. The number of carbonyl (C=O) groups is 1. The lowest BCUT2D eigenvalue weighted by molar-refractivity contribution is -0.384. The maximum Gasteiger partial charge on any atom is 0.270 e. The van der Waals surface area contributed by atoms with Crippen LogP contribution in [0.2, 0.25) is 0 Å². The van der Waals surface area contributed by atoms with Crippen LogP contribution in [0.5, 0.6) is 0 Å². The zero-order valence-electron chi connectivity index (χ0n) is 15.8. The molecule has 146 valence electrons. The van der Waals surface area contributed by atoms with Crippen molar-refractivity contribution in [1.29, 1.82) is 0 Å². The molecule has 2 aliphatic heterocycles. The van der Waals surface area contributed by atoms with Gasteiger partial charge in [0.1, 0.15) is 0 Å². The summed E-state index contributed by atoms with van der Waals surface area (Å²) < 4.78 is 0. The Morgan fingerprint density at radius 3 is 2.46 bits per heavy atom. The van der Waals surface area contributed by atoms with E-state index in [1.165, 1.54) is 24.1 Å². The summed E-state index contributed by atoms with van der Waals surface area (Å²) in [6.45, 7) is 0.960. The molecule has 6 heteroatoms. The summed E-state index contributed by atoms with van der Waals surface area (Å²) in [6, 6.07) is 17.6. The van der Waals surface area contributed by atoms with Gasteiger partial charge in [-0.15, -0.1) is 0 Å². The summed E-state index contributed by atoms with van der Waals surface area (Å²) in [5.74, 6) is -0.219. The fourth-order valence-corrected chi connectivity index (χ4v) is 4.68. The van der Waals surface area contributed by atoms with Gasteiger partial charge in [-0.25, -0.2) is 0 Å². The molecule has 0 spiro atoms. The number of hydrogen-bond donors (Lipinski definition) is 1. The smallest absolute Gasteiger partial charge is 0.270 e. The number of nitro benzene ring substituents is 1. The number of nitrogens with zero attached hydrogens (tertiary/aromatic N) is 2. The highest BCUT2D eigenvalue weighted by Gasteiger charge is 2.38. The van der Waals surface area contributed by atoms with Crippen LogP contribution in [0.4, 0.5) is 5.69 Å². The molecular formula is C22H25N3O3. The summed E-state index contributed by atoms with van der Waals surface area (Å²) in [7, 11) is 0. The van der Waals surface area contributed by atoms with E-state index in [0.717, 1.165) is 32.2 Å². The second-order valence-electron chi connectivity index (χ2n) is 7.85. The summed E-state index contributed by atoms with van der Waals surface area (Å²) in [5.41, 5.74) is 1.63. The lowest BCUT2D eigenvalue weighted by atomic mass is 9.81. The molecule has 1 N–H and O–H groups in total. The second-order valence-corrected chi connectivity index (χ2v) is 7.85. The lowest BCUT2D eigenvalue weighted by Crippen LogP contribution is -2.56. The molecule has 2 atom stereocenters. The topological polar surface area (TPSA) is 75.5 Å². The van der Waals surface area contributed by atoms with Crippen molar-refractivity contribution in [3.05, 3.63) is 75.8 Å². The average molecular weight is 379 g/mol. The molecule has 4 rings (SSSR count). The minimum atomic E-state index is -0.469. The first kappa shape index (κ1) is 18.6. The van der Waals surface area contributed by atoms with E-state index < -0.39 is 4.92 Å². The highest BCUT2D eigenvalue weighted by molar-refractivity contribution is 5.95. The molecule has 2 aliphatic rings. The molecule has 0 aliphatic carbocycles. The normalized spacial score (nSPS) is 24.5. The van der Waals surface area contributed by atoms with Gasteiger partial charge >= 0.3 is 0 Å². The maximum absolute atomic E-state index is 12.6. The Hall–Kier alpha value is -2.73. The Balaban J connectivity index is 1.42. The molecule has 2 saturated heterocycles. The summed E-state index contributed by atoms with van der Waals surface area (Å²) in [6.07, 6.45) is 5.43. The van der Waals surface area contributed by atoms with Crippen LogP contribution in [-0.4, -0.2) is 33.9 Å². The van der Waals surface area contributed by atoms with Gasteiger partial charge in [0.15, 0.2) is 0 Å². The zero-order chi connectivity index (χ0) is 19.5. The Morgan fingerprint density at radius 2 is 1.79 bits per heavy atom. The quantitative estimate of drug-likeness (QED) is 0.631. The number of nitrogens with one attached hydrogen (secondary N) is 1. The van der Waals surface area contributed by atoms with Crippen molar-refractivity contribution in [2.45, 2.75) is 56.8 Å². The van der Waals surface area contributed by atoms with E-state index in [2.05, 4.69) is 34.5 Å². The van der Waals surface area contributed by atoms with E-state index in [-0.39, 0.29) is 17.6 Å². The van der Waals surface area contributed by atoms with E-state index in [1.807, 2.05) is 6.07 Å². The molecule has 1 amide bonds. The SMILES string of the molecule is O=C(NC1CC2CCCC(C1)N2Cc1ccccc1)c1cccc([N+](=O)[O-])c1. The molecule has 2 aromatic carbocycles.